The van der Waals surface area contributed by atoms with Gasteiger partial charge in [0, 0.05) is 28.3 Å². The van der Waals surface area contributed by atoms with Gasteiger partial charge in [-0.15, -0.1) is 11.3 Å². The number of hydrogen-bond donors (Lipinski definition) is 1. The molecule has 8 nitrogen and oxygen atoms in total. The van der Waals surface area contributed by atoms with Crippen molar-refractivity contribution in [3.63, 3.8) is 0 Å². The lowest BCUT2D eigenvalue weighted by Gasteiger charge is -2.31. The minimum Gasteiger partial charge on any atom is -0.443 e. The second kappa shape index (κ2) is 9.23. The van der Waals surface area contributed by atoms with Gasteiger partial charge in [0.15, 0.2) is 5.17 Å². The van der Waals surface area contributed by atoms with Gasteiger partial charge in [0.1, 0.15) is 16.7 Å². The van der Waals surface area contributed by atoms with E-state index < -0.39 is 28.9 Å². The van der Waals surface area contributed by atoms with E-state index >= 15 is 0 Å². The van der Waals surface area contributed by atoms with Gasteiger partial charge in [-0.1, -0.05) is 11.8 Å². The zero-order valence-electron chi connectivity index (χ0n) is 19.6. The molecule has 2 N–H and O–H groups in total. The number of rotatable bonds is 1. The van der Waals surface area contributed by atoms with E-state index in [4.69, 9.17) is 24.9 Å². The third-order valence-electron chi connectivity index (χ3n) is 4.82. The highest BCUT2D eigenvalue weighted by atomic mass is 32.2. The van der Waals surface area contributed by atoms with E-state index in [1.807, 2.05) is 11.4 Å². The van der Waals surface area contributed by atoms with Crippen LogP contribution >= 0.6 is 23.1 Å². The van der Waals surface area contributed by atoms with Crippen LogP contribution in [0.25, 0.3) is 0 Å². The Hall–Kier alpha value is -1.78. The topological polar surface area (TPSA) is 103 Å². The first kappa shape index (κ1) is 24.9. The van der Waals surface area contributed by atoms with Crippen molar-refractivity contribution < 1.29 is 23.8 Å². The van der Waals surface area contributed by atoms with E-state index in [0.717, 1.165) is 22.6 Å². The normalized spacial score (nSPS) is 24.1. The summed E-state index contributed by atoms with van der Waals surface area (Å²) in [5, 5.41) is 2.13. The lowest BCUT2D eigenvalue weighted by Crippen LogP contribution is -2.47. The van der Waals surface area contributed by atoms with Crippen molar-refractivity contribution >= 4 is 46.1 Å². The number of amides is 2. The first-order valence-electron chi connectivity index (χ1n) is 10.7. The van der Waals surface area contributed by atoms with Gasteiger partial charge in [-0.3, -0.25) is 0 Å². The molecule has 32 heavy (non-hydrogen) atoms. The Labute approximate surface area is 197 Å². The third kappa shape index (κ3) is 6.17. The van der Waals surface area contributed by atoms with Crippen LogP contribution in [-0.2, 0) is 19.7 Å². The molecule has 0 spiro atoms. The first-order valence-corrected chi connectivity index (χ1v) is 12.6. The van der Waals surface area contributed by atoms with Crippen LogP contribution in [0.5, 0.6) is 0 Å². The van der Waals surface area contributed by atoms with E-state index in [1.165, 1.54) is 23.1 Å². The quantitative estimate of drug-likeness (QED) is 0.583. The minimum absolute atomic E-state index is 0.258. The summed E-state index contributed by atoms with van der Waals surface area (Å²) in [6.07, 6.45) is 0.0139. The third-order valence-corrected chi connectivity index (χ3v) is 7.13. The van der Waals surface area contributed by atoms with Gasteiger partial charge < -0.3 is 19.9 Å². The zero-order valence-corrected chi connectivity index (χ0v) is 21.2. The van der Waals surface area contributed by atoms with Crippen LogP contribution in [0.2, 0.25) is 0 Å². The number of nitrogen functional groups attached to an aromatic ring is 1. The molecular weight excluding hydrogens is 450 g/mol. The molecule has 10 heteroatoms. The van der Waals surface area contributed by atoms with E-state index in [1.54, 1.807) is 41.5 Å². The molecule has 3 rings (SSSR count). The zero-order chi connectivity index (χ0) is 23.7. The number of thiophene rings is 1. The Balaban J connectivity index is 2.08. The number of anilines is 1. The van der Waals surface area contributed by atoms with Crippen molar-refractivity contribution in [3.05, 3.63) is 16.3 Å². The SMILES string of the molecule is CC(C)(C)OC(=O)N(C(=O)OC(C)(C)C)C1=N[C@@]2(c3cc(N)cs3)COCC[C@H](CS1)C2. The van der Waals surface area contributed by atoms with Gasteiger partial charge in [0.2, 0.25) is 0 Å². The average Bonchev–Trinajstić information content (AvgIpc) is 2.86. The van der Waals surface area contributed by atoms with E-state index in [0.29, 0.717) is 30.6 Å². The van der Waals surface area contributed by atoms with Gasteiger partial charge in [-0.25, -0.2) is 14.6 Å². The fourth-order valence-corrected chi connectivity index (χ4v) is 5.67. The summed E-state index contributed by atoms with van der Waals surface area (Å²) in [5.74, 6) is 1.01. The van der Waals surface area contributed by atoms with Gasteiger partial charge in [0.05, 0.1) is 6.61 Å². The fourth-order valence-electron chi connectivity index (χ4n) is 3.54. The number of carbonyl (C=O) groups is 2. The van der Waals surface area contributed by atoms with Gasteiger partial charge in [0.25, 0.3) is 0 Å². The molecule has 1 aromatic heterocycles. The lowest BCUT2D eigenvalue weighted by atomic mass is 9.87. The Kier molecular flexibility index (Phi) is 7.17. The van der Waals surface area contributed by atoms with Gasteiger partial charge in [-0.05, 0) is 66.4 Å². The number of imide groups is 1. The molecular formula is C22H33N3O5S2. The molecule has 2 atom stereocenters. The Morgan fingerprint density at radius 1 is 1.19 bits per heavy atom. The molecule has 0 saturated carbocycles. The van der Waals surface area contributed by atoms with Gasteiger partial charge in [-0.2, -0.15) is 4.90 Å². The molecule has 178 valence electrons. The summed E-state index contributed by atoms with van der Waals surface area (Å²) in [7, 11) is 0. The standard InChI is InChI=1S/C22H33N3O5S2/c1-20(2,3)29-18(26)25(19(27)30-21(4,5)6)17-24-22(16-9-15(23)12-31-16)10-14(11-32-17)7-8-28-13-22/h9,12,14H,7-8,10-11,13,23H2,1-6H3/t14-,22+/m0/s1. The highest BCUT2D eigenvalue weighted by Crippen LogP contribution is 2.44. The Morgan fingerprint density at radius 2 is 1.81 bits per heavy atom. The van der Waals surface area contributed by atoms with Crippen molar-refractivity contribution in [1.82, 2.24) is 4.90 Å². The summed E-state index contributed by atoms with van der Waals surface area (Å²) in [5.41, 5.74) is 4.37. The summed E-state index contributed by atoms with van der Waals surface area (Å²) < 4.78 is 17.0. The summed E-state index contributed by atoms with van der Waals surface area (Å²) in [6, 6.07) is 1.90. The number of amidine groups is 1. The smallest absolute Gasteiger partial charge is 0.426 e. The number of nitrogens with zero attached hydrogens (tertiary/aromatic N) is 2. The largest absolute Gasteiger partial charge is 0.443 e. The summed E-state index contributed by atoms with van der Waals surface area (Å²) >= 11 is 2.89. The maximum atomic E-state index is 13.2. The van der Waals surface area contributed by atoms with Crippen molar-refractivity contribution in [3.8, 4) is 0 Å². The van der Waals surface area contributed by atoms with E-state index in [2.05, 4.69) is 0 Å². The Bertz CT molecular complexity index is 859. The summed E-state index contributed by atoms with van der Waals surface area (Å²) in [4.78, 5) is 33.2. The Morgan fingerprint density at radius 3 is 2.34 bits per heavy atom. The second-order valence-corrected chi connectivity index (χ2v) is 12.1. The molecule has 1 aromatic rings. The molecule has 2 bridgehead atoms. The van der Waals surface area contributed by atoms with Crippen LogP contribution < -0.4 is 5.73 Å². The van der Waals surface area contributed by atoms with Crippen LogP contribution in [-0.4, -0.2) is 52.4 Å². The van der Waals surface area contributed by atoms with E-state index in [9.17, 15) is 9.59 Å². The molecule has 1 fully saturated rings. The predicted octanol–water partition coefficient (Wildman–Crippen LogP) is 5.23. The van der Waals surface area contributed by atoms with Crippen molar-refractivity contribution in [2.75, 3.05) is 24.7 Å². The van der Waals surface area contributed by atoms with Crippen LogP contribution in [0.3, 0.4) is 0 Å². The number of hydrogen-bond acceptors (Lipinski definition) is 9. The second-order valence-electron chi connectivity index (χ2n) is 10.2. The molecule has 0 radical (unpaired) electrons. The van der Waals surface area contributed by atoms with Crippen LogP contribution in [0, 0.1) is 5.92 Å². The molecule has 2 amide bonds. The maximum absolute atomic E-state index is 13.2. The lowest BCUT2D eigenvalue weighted by molar-refractivity contribution is 0.0150. The highest BCUT2D eigenvalue weighted by molar-refractivity contribution is 8.13. The molecule has 0 unspecified atom stereocenters. The first-order chi connectivity index (χ1) is 14.8. The van der Waals surface area contributed by atoms with Crippen LogP contribution in [0.4, 0.5) is 15.3 Å². The van der Waals surface area contributed by atoms with Crippen molar-refractivity contribution in [2.24, 2.45) is 10.9 Å². The average molecular weight is 484 g/mol. The number of fused-ring (bicyclic) bond motifs is 2. The number of aliphatic imine (C=N–C) groups is 1. The number of ether oxygens (including phenoxy) is 3. The highest BCUT2D eigenvalue weighted by Gasteiger charge is 2.44. The van der Waals surface area contributed by atoms with E-state index in [-0.39, 0.29) is 5.17 Å². The van der Waals surface area contributed by atoms with Crippen LogP contribution in [0.1, 0.15) is 59.3 Å². The molecule has 1 saturated heterocycles. The van der Waals surface area contributed by atoms with Crippen molar-refractivity contribution in [2.45, 2.75) is 71.1 Å². The monoisotopic (exact) mass is 483 g/mol. The molecule has 3 heterocycles. The summed E-state index contributed by atoms with van der Waals surface area (Å²) in [6.45, 7) is 11.5. The molecule has 2 aliphatic heterocycles. The molecule has 0 aliphatic carbocycles. The fraction of sp³-hybridized carbons (Fsp3) is 0.682. The number of carbonyl (C=O) groups excluding carboxylic acids is 2. The van der Waals surface area contributed by atoms with Gasteiger partial charge >= 0.3 is 12.2 Å². The molecule has 0 aromatic carbocycles. The molecule has 2 aliphatic rings. The van der Waals surface area contributed by atoms with Crippen LogP contribution in [0.15, 0.2) is 16.4 Å². The van der Waals surface area contributed by atoms with Crippen molar-refractivity contribution in [1.29, 1.82) is 0 Å². The number of nitrogens with two attached hydrogens (primary N) is 1. The predicted molar refractivity (Wildman–Crippen MR) is 128 cm³/mol. The number of thioether (sulfide) groups is 1. The maximum Gasteiger partial charge on any atom is 0.426 e. The minimum atomic E-state index is -0.811.